The van der Waals surface area contributed by atoms with E-state index < -0.39 is 0 Å². The monoisotopic (exact) mass is 301 g/mol. The maximum Gasteiger partial charge on any atom is 0.269 e. The Bertz CT molecular complexity index is 606. The second-order valence-electron chi connectivity index (χ2n) is 5.67. The summed E-state index contributed by atoms with van der Waals surface area (Å²) in [5.74, 6) is 0.424. The molecule has 1 amide bonds. The first-order valence-corrected chi connectivity index (χ1v) is 7.51. The average molecular weight is 301 g/mol. The number of rotatable bonds is 7. The molecule has 22 heavy (non-hydrogen) atoms. The number of hydrogen-bond donors (Lipinski definition) is 2. The summed E-state index contributed by atoms with van der Waals surface area (Å²) >= 11 is 0. The highest BCUT2D eigenvalue weighted by molar-refractivity contribution is 5.92. The fourth-order valence-corrected chi connectivity index (χ4v) is 2.20. The Balaban J connectivity index is 1.81. The molecule has 0 fully saturated rings. The van der Waals surface area contributed by atoms with E-state index in [4.69, 9.17) is 0 Å². The first-order valence-electron chi connectivity index (χ1n) is 7.51. The van der Waals surface area contributed by atoms with Crippen LogP contribution >= 0.6 is 0 Å². The molecule has 0 aliphatic carbocycles. The molecule has 0 unspecified atom stereocenters. The van der Waals surface area contributed by atoms with Gasteiger partial charge < -0.3 is 10.6 Å². The van der Waals surface area contributed by atoms with Crippen molar-refractivity contribution in [3.8, 4) is 0 Å². The van der Waals surface area contributed by atoms with Gasteiger partial charge in [-0.05, 0) is 30.5 Å². The Kier molecular flexibility index (Phi) is 5.52. The first-order chi connectivity index (χ1) is 10.6. The summed E-state index contributed by atoms with van der Waals surface area (Å²) in [5, 5.41) is 10.5. The van der Waals surface area contributed by atoms with Gasteiger partial charge in [0.2, 0.25) is 0 Å². The Morgan fingerprint density at radius 3 is 2.86 bits per heavy atom. The van der Waals surface area contributed by atoms with Crippen LogP contribution in [0.15, 0.2) is 30.6 Å². The van der Waals surface area contributed by atoms with Crippen LogP contribution in [0.5, 0.6) is 0 Å². The lowest BCUT2D eigenvalue weighted by atomic mass is 10.1. The van der Waals surface area contributed by atoms with Gasteiger partial charge in [-0.1, -0.05) is 13.8 Å². The molecule has 2 aromatic rings. The number of nitrogens with one attached hydrogen (secondary N) is 2. The second kappa shape index (κ2) is 7.59. The lowest BCUT2D eigenvalue weighted by molar-refractivity contribution is 0.0946. The SMILES string of the molecule is CC(C)Cc1cc(C(=O)NCCNc2cccnc2)n(C)n1. The molecule has 2 heterocycles. The predicted octanol–water partition coefficient (Wildman–Crippen LogP) is 1.86. The lowest BCUT2D eigenvalue weighted by Crippen LogP contribution is -2.30. The summed E-state index contributed by atoms with van der Waals surface area (Å²) in [6.45, 7) is 5.46. The van der Waals surface area contributed by atoms with Crippen LogP contribution in [-0.2, 0) is 13.5 Å². The van der Waals surface area contributed by atoms with Crippen LogP contribution in [-0.4, -0.2) is 33.8 Å². The van der Waals surface area contributed by atoms with Crippen LogP contribution in [0.2, 0.25) is 0 Å². The van der Waals surface area contributed by atoms with Crippen molar-refractivity contribution < 1.29 is 4.79 Å². The third kappa shape index (κ3) is 4.58. The molecule has 6 nitrogen and oxygen atoms in total. The number of amides is 1. The normalized spacial score (nSPS) is 10.7. The lowest BCUT2D eigenvalue weighted by Gasteiger charge is -2.07. The molecule has 6 heteroatoms. The van der Waals surface area contributed by atoms with Crippen molar-refractivity contribution in [2.45, 2.75) is 20.3 Å². The largest absolute Gasteiger partial charge is 0.382 e. The second-order valence-corrected chi connectivity index (χ2v) is 5.67. The van der Waals surface area contributed by atoms with E-state index in [-0.39, 0.29) is 5.91 Å². The number of hydrogen-bond acceptors (Lipinski definition) is 4. The highest BCUT2D eigenvalue weighted by atomic mass is 16.2. The maximum atomic E-state index is 12.2. The molecule has 2 rings (SSSR count). The zero-order chi connectivity index (χ0) is 15.9. The van der Waals surface area contributed by atoms with Crippen molar-refractivity contribution in [1.29, 1.82) is 0 Å². The minimum Gasteiger partial charge on any atom is -0.382 e. The van der Waals surface area contributed by atoms with E-state index in [0.717, 1.165) is 17.8 Å². The summed E-state index contributed by atoms with van der Waals surface area (Å²) < 4.78 is 1.64. The number of anilines is 1. The molecule has 0 saturated carbocycles. The highest BCUT2D eigenvalue weighted by Crippen LogP contribution is 2.08. The van der Waals surface area contributed by atoms with Gasteiger partial charge in [-0.15, -0.1) is 0 Å². The Hall–Kier alpha value is -2.37. The van der Waals surface area contributed by atoms with Crippen LogP contribution in [0, 0.1) is 5.92 Å². The molecule has 0 saturated heterocycles. The van der Waals surface area contributed by atoms with Gasteiger partial charge >= 0.3 is 0 Å². The fraction of sp³-hybridized carbons (Fsp3) is 0.438. The molecule has 2 N–H and O–H groups in total. The van der Waals surface area contributed by atoms with Crippen molar-refractivity contribution in [3.63, 3.8) is 0 Å². The average Bonchev–Trinajstić information content (AvgIpc) is 2.84. The highest BCUT2D eigenvalue weighted by Gasteiger charge is 2.13. The standard InChI is InChI=1S/C16H23N5O/c1-12(2)9-14-10-15(21(3)20-14)16(22)19-8-7-18-13-5-4-6-17-11-13/h4-6,10-12,18H,7-9H2,1-3H3,(H,19,22). The molecule has 0 aliphatic rings. The van der Waals surface area contributed by atoms with Gasteiger partial charge in [0.25, 0.3) is 5.91 Å². The predicted molar refractivity (Wildman–Crippen MR) is 86.8 cm³/mol. The summed E-state index contributed by atoms with van der Waals surface area (Å²) in [5.41, 5.74) is 2.49. The van der Waals surface area contributed by atoms with E-state index in [1.165, 1.54) is 0 Å². The number of carbonyl (C=O) groups is 1. The van der Waals surface area contributed by atoms with Crippen LogP contribution < -0.4 is 10.6 Å². The van der Waals surface area contributed by atoms with Gasteiger partial charge in [0, 0.05) is 32.5 Å². The van der Waals surface area contributed by atoms with Crippen molar-refractivity contribution in [3.05, 3.63) is 42.0 Å². The van der Waals surface area contributed by atoms with Gasteiger partial charge in [-0.2, -0.15) is 5.10 Å². The van der Waals surface area contributed by atoms with E-state index in [1.54, 1.807) is 24.1 Å². The molecule has 118 valence electrons. The molecule has 0 aliphatic heterocycles. The summed E-state index contributed by atoms with van der Waals surface area (Å²) in [6.07, 6.45) is 4.36. The van der Waals surface area contributed by atoms with Crippen LogP contribution in [0.4, 0.5) is 5.69 Å². The molecular formula is C16H23N5O. The minimum absolute atomic E-state index is 0.0991. The molecule has 0 aromatic carbocycles. The van der Waals surface area contributed by atoms with Gasteiger partial charge in [0.05, 0.1) is 11.4 Å². The van der Waals surface area contributed by atoms with Gasteiger partial charge in [0.1, 0.15) is 5.69 Å². The molecule has 0 atom stereocenters. The maximum absolute atomic E-state index is 12.2. The topological polar surface area (TPSA) is 71.8 Å². The number of carbonyl (C=O) groups excluding carboxylic acids is 1. The van der Waals surface area contributed by atoms with E-state index in [1.807, 2.05) is 18.2 Å². The van der Waals surface area contributed by atoms with Crippen molar-refractivity contribution >= 4 is 11.6 Å². The van der Waals surface area contributed by atoms with Crippen LogP contribution in [0.3, 0.4) is 0 Å². The molecule has 2 aromatic heterocycles. The van der Waals surface area contributed by atoms with Gasteiger partial charge in [0.15, 0.2) is 0 Å². The van der Waals surface area contributed by atoms with Crippen molar-refractivity contribution in [1.82, 2.24) is 20.1 Å². The van der Waals surface area contributed by atoms with Gasteiger partial charge in [-0.25, -0.2) is 0 Å². The fourth-order valence-electron chi connectivity index (χ4n) is 2.20. The smallest absolute Gasteiger partial charge is 0.269 e. The third-order valence-electron chi connectivity index (χ3n) is 3.18. The number of pyridine rings is 1. The zero-order valence-corrected chi connectivity index (χ0v) is 13.3. The Labute approximate surface area is 130 Å². The minimum atomic E-state index is -0.0991. The Morgan fingerprint density at radius 2 is 2.18 bits per heavy atom. The van der Waals surface area contributed by atoms with E-state index in [0.29, 0.717) is 24.7 Å². The molecule has 0 radical (unpaired) electrons. The number of aromatic nitrogens is 3. The van der Waals surface area contributed by atoms with Gasteiger partial charge in [-0.3, -0.25) is 14.5 Å². The van der Waals surface area contributed by atoms with E-state index >= 15 is 0 Å². The third-order valence-corrected chi connectivity index (χ3v) is 3.18. The first kappa shape index (κ1) is 16.0. The molecule has 0 spiro atoms. The van der Waals surface area contributed by atoms with E-state index in [9.17, 15) is 4.79 Å². The van der Waals surface area contributed by atoms with Crippen LogP contribution in [0.1, 0.15) is 30.0 Å². The van der Waals surface area contributed by atoms with Crippen molar-refractivity contribution in [2.24, 2.45) is 13.0 Å². The summed E-state index contributed by atoms with van der Waals surface area (Å²) in [6, 6.07) is 5.67. The number of aryl methyl sites for hydroxylation is 1. The van der Waals surface area contributed by atoms with Crippen molar-refractivity contribution in [2.75, 3.05) is 18.4 Å². The quantitative estimate of drug-likeness (QED) is 0.766. The van der Waals surface area contributed by atoms with Crippen LogP contribution in [0.25, 0.3) is 0 Å². The summed E-state index contributed by atoms with van der Waals surface area (Å²) in [7, 11) is 1.80. The summed E-state index contributed by atoms with van der Waals surface area (Å²) in [4.78, 5) is 16.2. The Morgan fingerprint density at radius 1 is 1.36 bits per heavy atom. The number of nitrogens with zero attached hydrogens (tertiary/aromatic N) is 3. The van der Waals surface area contributed by atoms with E-state index in [2.05, 4.69) is 34.6 Å². The zero-order valence-electron chi connectivity index (χ0n) is 13.3. The molecular weight excluding hydrogens is 278 g/mol. The molecule has 0 bridgehead atoms.